The quantitative estimate of drug-likeness (QED) is 0.160. The van der Waals surface area contributed by atoms with E-state index in [1.807, 2.05) is 54.7 Å². The second kappa shape index (κ2) is 16.6. The Balaban J connectivity index is 0.000000670. The normalized spacial score (nSPS) is 9.74. The summed E-state index contributed by atoms with van der Waals surface area (Å²) < 4.78 is 0. The van der Waals surface area contributed by atoms with E-state index in [9.17, 15) is 0 Å². The minimum absolute atomic E-state index is 0. The Hall–Kier alpha value is -4.73. The van der Waals surface area contributed by atoms with Crippen molar-refractivity contribution in [2.24, 2.45) is 0 Å². The maximum absolute atomic E-state index is 8.89. The van der Waals surface area contributed by atoms with Gasteiger partial charge in [-0.25, -0.2) is 0 Å². The minimum atomic E-state index is -1.08. The number of carbonyl (C=O) groups is 1. The van der Waals surface area contributed by atoms with Crippen molar-refractivity contribution in [3.63, 3.8) is 0 Å². The van der Waals surface area contributed by atoms with Crippen molar-refractivity contribution in [1.82, 2.24) is 9.97 Å². The molecule has 43 heavy (non-hydrogen) atoms. The van der Waals surface area contributed by atoms with E-state index in [1.165, 1.54) is 0 Å². The van der Waals surface area contributed by atoms with Crippen molar-refractivity contribution in [1.29, 1.82) is 0 Å². The Morgan fingerprint density at radius 1 is 0.628 bits per heavy atom. The zero-order chi connectivity index (χ0) is 29.7. The van der Waals surface area contributed by atoms with Crippen molar-refractivity contribution in [2.45, 2.75) is 6.92 Å². The SMILES string of the molecule is CC(=O)[O-].CO.[Pd+2].[c-]1ccccc1-c1nc(-c2ccccn2)c(-c2ccccc2)c(-c2ccccc2)c1-c1ccccc1. The molecule has 0 saturated heterocycles. The molecule has 0 aliphatic rings. The number of aliphatic hydroxyl groups excluding tert-OH is 1. The second-order valence-corrected chi connectivity index (χ2v) is 9.01. The molecule has 0 radical (unpaired) electrons. The zero-order valence-corrected chi connectivity index (χ0v) is 25.3. The van der Waals surface area contributed by atoms with Gasteiger partial charge in [-0.1, -0.05) is 97.1 Å². The van der Waals surface area contributed by atoms with E-state index in [4.69, 9.17) is 25.0 Å². The van der Waals surface area contributed by atoms with Gasteiger partial charge in [0.05, 0.1) is 11.4 Å². The van der Waals surface area contributed by atoms with Crippen molar-refractivity contribution >= 4 is 5.97 Å². The van der Waals surface area contributed by atoms with Crippen LogP contribution in [0.1, 0.15) is 6.92 Å². The van der Waals surface area contributed by atoms with E-state index in [0.717, 1.165) is 70.1 Å². The largest absolute Gasteiger partial charge is 2.00 e. The zero-order valence-electron chi connectivity index (χ0n) is 23.8. The molecule has 0 aliphatic carbocycles. The van der Waals surface area contributed by atoms with Crippen molar-refractivity contribution in [2.75, 3.05) is 7.11 Å². The molecule has 5 nitrogen and oxygen atoms in total. The Morgan fingerprint density at radius 3 is 1.51 bits per heavy atom. The molecule has 6 heteroatoms. The number of benzene rings is 4. The van der Waals surface area contributed by atoms with Gasteiger partial charge in [0.15, 0.2) is 0 Å². The van der Waals surface area contributed by atoms with Crippen molar-refractivity contribution < 1.29 is 35.4 Å². The monoisotopic (exact) mass is 656 g/mol. The molecule has 2 heterocycles. The Bertz CT molecular complexity index is 1590. The smallest absolute Gasteiger partial charge is 0.550 e. The van der Waals surface area contributed by atoms with Gasteiger partial charge in [-0.2, -0.15) is 0 Å². The molecule has 0 fully saturated rings. The fourth-order valence-electron chi connectivity index (χ4n) is 4.67. The molecule has 1 N–H and O–H groups in total. The van der Waals surface area contributed by atoms with Crippen LogP contribution in [0, 0.1) is 6.07 Å². The van der Waals surface area contributed by atoms with Gasteiger partial charge in [-0.15, -0.1) is 35.9 Å². The van der Waals surface area contributed by atoms with E-state index in [0.29, 0.717) is 0 Å². The fraction of sp³-hybridized carbons (Fsp3) is 0.0541. The van der Waals surface area contributed by atoms with E-state index in [1.54, 1.807) is 0 Å². The molecule has 0 atom stereocenters. The molecule has 216 valence electrons. The average Bonchev–Trinajstić information content (AvgIpc) is 3.06. The first-order valence-corrected chi connectivity index (χ1v) is 13.4. The maximum Gasteiger partial charge on any atom is 2.00 e. The first kappa shape index (κ1) is 32.8. The molecule has 0 bridgehead atoms. The number of pyridine rings is 2. The third-order valence-electron chi connectivity index (χ3n) is 6.26. The molecule has 2 aromatic heterocycles. The van der Waals surface area contributed by atoms with Gasteiger partial charge in [0.1, 0.15) is 0 Å². The Kier molecular flexibility index (Phi) is 12.7. The van der Waals surface area contributed by atoms with Crippen LogP contribution in [0.5, 0.6) is 0 Å². The van der Waals surface area contributed by atoms with Crippen LogP contribution in [0.2, 0.25) is 0 Å². The molecule has 0 aliphatic heterocycles. The van der Waals surface area contributed by atoms with E-state index >= 15 is 0 Å². The summed E-state index contributed by atoms with van der Waals surface area (Å²) in [5.74, 6) is -1.08. The minimum Gasteiger partial charge on any atom is -0.550 e. The van der Waals surface area contributed by atoms with Crippen LogP contribution in [-0.2, 0) is 25.2 Å². The van der Waals surface area contributed by atoms with Crippen LogP contribution in [0.15, 0.2) is 140 Å². The number of carboxylic acid groups (broad SMARTS) is 1. The van der Waals surface area contributed by atoms with Crippen LogP contribution in [-0.4, -0.2) is 28.2 Å². The third kappa shape index (κ3) is 8.18. The van der Waals surface area contributed by atoms with Gasteiger partial charge in [-0.05, 0) is 52.6 Å². The fourth-order valence-corrected chi connectivity index (χ4v) is 4.67. The Labute approximate surface area is 266 Å². The van der Waals surface area contributed by atoms with Crippen LogP contribution >= 0.6 is 0 Å². The predicted octanol–water partition coefficient (Wildman–Crippen LogP) is 6.97. The third-order valence-corrected chi connectivity index (χ3v) is 6.26. The molecule has 0 saturated carbocycles. The summed E-state index contributed by atoms with van der Waals surface area (Å²) in [5, 5.41) is 15.9. The summed E-state index contributed by atoms with van der Waals surface area (Å²) in [5.41, 5.74) is 10.2. The molecular formula is C37H30N2O3Pd. The van der Waals surface area contributed by atoms with Gasteiger partial charge in [-0.3, -0.25) is 9.97 Å². The number of aliphatic hydroxyl groups is 1. The topological polar surface area (TPSA) is 86.1 Å². The van der Waals surface area contributed by atoms with Crippen LogP contribution in [0.3, 0.4) is 0 Å². The second-order valence-electron chi connectivity index (χ2n) is 9.01. The molecule has 0 unspecified atom stereocenters. The van der Waals surface area contributed by atoms with Gasteiger partial charge >= 0.3 is 20.4 Å². The summed E-state index contributed by atoms with van der Waals surface area (Å²) in [4.78, 5) is 19.0. The number of hydrogen-bond donors (Lipinski definition) is 1. The number of carboxylic acids is 1. The van der Waals surface area contributed by atoms with E-state index in [-0.39, 0.29) is 20.4 Å². The van der Waals surface area contributed by atoms with E-state index in [2.05, 4.69) is 91.0 Å². The van der Waals surface area contributed by atoms with Gasteiger partial charge in [0.25, 0.3) is 0 Å². The number of carbonyl (C=O) groups excluding carboxylic acids is 1. The summed E-state index contributed by atoms with van der Waals surface area (Å²) in [6, 6.07) is 49.1. The van der Waals surface area contributed by atoms with Crippen LogP contribution < -0.4 is 5.11 Å². The van der Waals surface area contributed by atoms with Gasteiger partial charge in [0, 0.05) is 24.8 Å². The van der Waals surface area contributed by atoms with Crippen molar-refractivity contribution in [3.8, 4) is 56.0 Å². The van der Waals surface area contributed by atoms with Gasteiger partial charge < -0.3 is 15.0 Å². The van der Waals surface area contributed by atoms with Crippen LogP contribution in [0.4, 0.5) is 0 Å². The average molecular weight is 657 g/mol. The predicted molar refractivity (Wildman–Crippen MR) is 167 cm³/mol. The Morgan fingerprint density at radius 2 is 1.07 bits per heavy atom. The molecule has 0 spiro atoms. The standard InChI is InChI=1S/C34H23N2.C2H4O2.CH4O.Pd/c1-5-15-25(16-6-1)30-31(26-17-7-2-8-18-26)33(28-21-11-4-12-22-28)36-34(29-23-13-14-24-35-29)32(30)27-19-9-3-10-20-27;1-2(3)4;1-2;/h1-21,23-24H;1H3,(H,3,4);2H,1H3;/q-1;;;+2/p-1. The van der Waals surface area contributed by atoms with Crippen molar-refractivity contribution in [3.05, 3.63) is 146 Å². The number of aliphatic carboxylic acids is 1. The number of rotatable bonds is 5. The summed E-state index contributed by atoms with van der Waals surface area (Å²) in [6.45, 7) is 0.972. The van der Waals surface area contributed by atoms with Crippen LogP contribution in [0.25, 0.3) is 56.0 Å². The first-order chi connectivity index (χ1) is 20.6. The molecular weight excluding hydrogens is 627 g/mol. The van der Waals surface area contributed by atoms with E-state index < -0.39 is 5.97 Å². The molecule has 6 rings (SSSR count). The van der Waals surface area contributed by atoms with Gasteiger partial charge in [0.2, 0.25) is 0 Å². The number of aromatic nitrogens is 2. The summed E-state index contributed by atoms with van der Waals surface area (Å²) >= 11 is 0. The number of nitrogens with zero attached hydrogens (tertiary/aromatic N) is 2. The molecule has 6 aromatic rings. The number of hydrogen-bond acceptors (Lipinski definition) is 5. The first-order valence-electron chi connectivity index (χ1n) is 13.4. The summed E-state index contributed by atoms with van der Waals surface area (Å²) in [7, 11) is 1.00. The maximum atomic E-state index is 8.89. The molecule has 0 amide bonds. The molecule has 4 aromatic carbocycles. The summed E-state index contributed by atoms with van der Waals surface area (Å²) in [6.07, 6.45) is 1.83.